The van der Waals surface area contributed by atoms with Gasteiger partial charge in [0.1, 0.15) is 0 Å². The van der Waals surface area contributed by atoms with Crippen LogP contribution in [-0.4, -0.2) is 49.7 Å². The van der Waals surface area contributed by atoms with Gasteiger partial charge in [-0.15, -0.1) is 0 Å². The molecule has 1 rings (SSSR count). The summed E-state index contributed by atoms with van der Waals surface area (Å²) in [6.07, 6.45) is 1.99. The third-order valence-electron chi connectivity index (χ3n) is 3.60. The van der Waals surface area contributed by atoms with Crippen molar-refractivity contribution in [3.63, 3.8) is 0 Å². The topological polar surface area (TPSA) is 50.7 Å². The van der Waals surface area contributed by atoms with E-state index in [1.54, 1.807) is 0 Å². The monoisotopic (exact) mass is 259 g/mol. The van der Waals surface area contributed by atoms with Gasteiger partial charge < -0.3 is 19.9 Å². The Morgan fingerprint density at radius 2 is 2.17 bits per heavy atom. The van der Waals surface area contributed by atoms with Crippen molar-refractivity contribution in [1.29, 1.82) is 0 Å². The summed E-state index contributed by atoms with van der Waals surface area (Å²) in [7, 11) is 0. The lowest BCUT2D eigenvalue weighted by Gasteiger charge is -2.29. The first-order valence-electron chi connectivity index (χ1n) is 7.00. The minimum atomic E-state index is -0.448. The highest BCUT2D eigenvalue weighted by Crippen LogP contribution is 2.18. The molecule has 0 radical (unpaired) electrons. The predicted octanol–water partition coefficient (Wildman–Crippen LogP) is 1.57. The molecule has 1 fully saturated rings. The highest BCUT2D eigenvalue weighted by atomic mass is 16.5. The zero-order chi connectivity index (χ0) is 13.6. The quantitative estimate of drug-likeness (QED) is 0.728. The molecular weight excluding hydrogens is 230 g/mol. The van der Waals surface area contributed by atoms with Crippen LogP contribution in [0.25, 0.3) is 0 Å². The number of ether oxygens (including phenoxy) is 2. The number of hydrogen-bond acceptors (Lipinski definition) is 4. The van der Waals surface area contributed by atoms with Crippen LogP contribution in [0, 0.1) is 5.41 Å². The summed E-state index contributed by atoms with van der Waals surface area (Å²) in [6, 6.07) is 0.366. The van der Waals surface area contributed by atoms with Crippen LogP contribution in [0.4, 0.5) is 0 Å². The van der Waals surface area contributed by atoms with E-state index in [-0.39, 0.29) is 11.5 Å². The molecule has 3 atom stereocenters. The van der Waals surface area contributed by atoms with Crippen molar-refractivity contribution >= 4 is 0 Å². The normalized spacial score (nSPS) is 24.2. The Bertz CT molecular complexity index is 222. The highest BCUT2D eigenvalue weighted by Gasteiger charge is 2.20. The number of aliphatic hydroxyl groups is 1. The third kappa shape index (κ3) is 6.14. The van der Waals surface area contributed by atoms with Crippen molar-refractivity contribution in [3.05, 3.63) is 0 Å². The molecule has 0 aliphatic carbocycles. The molecule has 1 aliphatic rings. The summed E-state index contributed by atoms with van der Waals surface area (Å²) < 4.78 is 10.9. The average molecular weight is 259 g/mol. The fourth-order valence-corrected chi connectivity index (χ4v) is 1.79. The highest BCUT2D eigenvalue weighted by molar-refractivity contribution is 4.77. The van der Waals surface area contributed by atoms with Gasteiger partial charge in [-0.05, 0) is 25.2 Å². The molecule has 18 heavy (non-hydrogen) atoms. The molecule has 0 saturated carbocycles. The van der Waals surface area contributed by atoms with Crippen molar-refractivity contribution in [3.8, 4) is 0 Å². The summed E-state index contributed by atoms with van der Waals surface area (Å²) in [5.41, 5.74) is 0.207. The smallest absolute Gasteiger partial charge is 0.0897 e. The van der Waals surface area contributed by atoms with E-state index in [0.717, 1.165) is 19.4 Å². The maximum absolute atomic E-state index is 9.81. The fourth-order valence-electron chi connectivity index (χ4n) is 1.79. The summed E-state index contributed by atoms with van der Waals surface area (Å²) in [6.45, 7) is 11.1. The Kier molecular flexibility index (Phi) is 6.57. The maximum Gasteiger partial charge on any atom is 0.0897 e. The van der Waals surface area contributed by atoms with Crippen LogP contribution in [0.5, 0.6) is 0 Å². The standard InChI is InChI=1S/C14H29NO3/c1-11(14(2,3)4)15-8-12(16)9-17-10-13-6-5-7-18-13/h11-13,15-16H,5-10H2,1-4H3. The van der Waals surface area contributed by atoms with E-state index < -0.39 is 6.10 Å². The van der Waals surface area contributed by atoms with Gasteiger partial charge in [0, 0.05) is 19.2 Å². The van der Waals surface area contributed by atoms with Gasteiger partial charge in [0.15, 0.2) is 0 Å². The molecule has 0 aromatic rings. The zero-order valence-electron chi connectivity index (χ0n) is 12.2. The van der Waals surface area contributed by atoms with Crippen molar-refractivity contribution in [1.82, 2.24) is 5.32 Å². The van der Waals surface area contributed by atoms with Gasteiger partial charge in [-0.1, -0.05) is 20.8 Å². The van der Waals surface area contributed by atoms with Gasteiger partial charge in [-0.25, -0.2) is 0 Å². The Morgan fingerprint density at radius 1 is 1.44 bits per heavy atom. The first-order chi connectivity index (χ1) is 8.39. The van der Waals surface area contributed by atoms with Crippen molar-refractivity contribution in [2.45, 2.75) is 58.8 Å². The molecular formula is C14H29NO3. The van der Waals surface area contributed by atoms with E-state index >= 15 is 0 Å². The summed E-state index contributed by atoms with van der Waals surface area (Å²) >= 11 is 0. The van der Waals surface area contributed by atoms with E-state index in [9.17, 15) is 5.11 Å². The first kappa shape index (κ1) is 15.9. The molecule has 0 bridgehead atoms. The first-order valence-corrected chi connectivity index (χ1v) is 7.00. The second kappa shape index (κ2) is 7.43. The SMILES string of the molecule is CC(NCC(O)COCC1CCCO1)C(C)(C)C. The van der Waals surface area contributed by atoms with Gasteiger partial charge in [-0.3, -0.25) is 0 Å². The predicted molar refractivity (Wildman–Crippen MR) is 72.7 cm³/mol. The Morgan fingerprint density at radius 3 is 2.72 bits per heavy atom. The largest absolute Gasteiger partial charge is 0.389 e. The van der Waals surface area contributed by atoms with Crippen LogP contribution in [0.3, 0.4) is 0 Å². The number of rotatable bonds is 7. The maximum atomic E-state index is 9.81. The lowest BCUT2D eigenvalue weighted by atomic mass is 9.88. The van der Waals surface area contributed by atoms with Crippen LogP contribution < -0.4 is 5.32 Å². The van der Waals surface area contributed by atoms with E-state index in [2.05, 4.69) is 33.0 Å². The third-order valence-corrected chi connectivity index (χ3v) is 3.60. The van der Waals surface area contributed by atoms with Crippen molar-refractivity contribution < 1.29 is 14.6 Å². The molecule has 1 saturated heterocycles. The Labute approximate surface area is 111 Å². The van der Waals surface area contributed by atoms with E-state index in [1.807, 2.05) is 0 Å². The van der Waals surface area contributed by atoms with E-state index in [4.69, 9.17) is 9.47 Å². The summed E-state index contributed by atoms with van der Waals surface area (Å²) in [5, 5.41) is 13.1. The molecule has 108 valence electrons. The molecule has 0 spiro atoms. The second-order valence-corrected chi connectivity index (χ2v) is 6.32. The molecule has 4 nitrogen and oxygen atoms in total. The minimum absolute atomic E-state index is 0.207. The van der Waals surface area contributed by atoms with Gasteiger partial charge in [0.05, 0.1) is 25.4 Å². The second-order valence-electron chi connectivity index (χ2n) is 6.32. The van der Waals surface area contributed by atoms with Crippen LogP contribution in [-0.2, 0) is 9.47 Å². The Balaban J connectivity index is 2.04. The Hall–Kier alpha value is -0.160. The minimum Gasteiger partial charge on any atom is -0.389 e. The van der Waals surface area contributed by atoms with Gasteiger partial charge in [0.2, 0.25) is 0 Å². The summed E-state index contributed by atoms with van der Waals surface area (Å²) in [4.78, 5) is 0. The van der Waals surface area contributed by atoms with Crippen molar-refractivity contribution in [2.75, 3.05) is 26.4 Å². The lowest BCUT2D eigenvalue weighted by molar-refractivity contribution is -0.0175. The van der Waals surface area contributed by atoms with E-state index in [1.165, 1.54) is 0 Å². The van der Waals surface area contributed by atoms with Crippen LogP contribution >= 0.6 is 0 Å². The number of aliphatic hydroxyl groups excluding tert-OH is 1. The zero-order valence-corrected chi connectivity index (χ0v) is 12.2. The van der Waals surface area contributed by atoms with Crippen LogP contribution in [0.1, 0.15) is 40.5 Å². The fraction of sp³-hybridized carbons (Fsp3) is 1.00. The molecule has 0 amide bonds. The molecule has 0 aromatic heterocycles. The number of hydrogen-bond donors (Lipinski definition) is 2. The molecule has 1 aliphatic heterocycles. The van der Waals surface area contributed by atoms with Crippen LogP contribution in [0.15, 0.2) is 0 Å². The van der Waals surface area contributed by atoms with Gasteiger partial charge in [-0.2, -0.15) is 0 Å². The van der Waals surface area contributed by atoms with Crippen molar-refractivity contribution in [2.24, 2.45) is 5.41 Å². The van der Waals surface area contributed by atoms with Crippen LogP contribution in [0.2, 0.25) is 0 Å². The molecule has 4 heteroatoms. The molecule has 2 N–H and O–H groups in total. The lowest BCUT2D eigenvalue weighted by Crippen LogP contribution is -2.42. The van der Waals surface area contributed by atoms with Gasteiger partial charge >= 0.3 is 0 Å². The molecule has 1 heterocycles. The summed E-state index contributed by atoms with van der Waals surface area (Å²) in [5.74, 6) is 0. The van der Waals surface area contributed by atoms with Gasteiger partial charge in [0.25, 0.3) is 0 Å². The average Bonchev–Trinajstić information content (AvgIpc) is 2.77. The number of nitrogens with one attached hydrogen (secondary N) is 1. The molecule has 3 unspecified atom stereocenters. The van der Waals surface area contributed by atoms with E-state index in [0.29, 0.717) is 25.8 Å². The molecule has 0 aromatic carbocycles.